The van der Waals surface area contributed by atoms with Crippen molar-refractivity contribution in [3.63, 3.8) is 0 Å². The number of aromatic nitrogens is 6. The largest absolute Gasteiger partial charge is 0.497 e. The summed E-state index contributed by atoms with van der Waals surface area (Å²) in [5.41, 5.74) is 4.09. The van der Waals surface area contributed by atoms with Crippen molar-refractivity contribution in [1.29, 1.82) is 0 Å². The van der Waals surface area contributed by atoms with E-state index in [0.29, 0.717) is 72.5 Å². The average molecular weight is 1350 g/mol. The van der Waals surface area contributed by atoms with Crippen molar-refractivity contribution < 1.29 is 51.6 Å². The predicted octanol–water partition coefficient (Wildman–Crippen LogP) is 8.67. The maximum atomic E-state index is 14.5. The minimum Gasteiger partial charge on any atom is -0.497 e. The first-order chi connectivity index (χ1) is 44.9. The van der Waals surface area contributed by atoms with E-state index in [1.54, 1.807) is 99.2 Å². The van der Waals surface area contributed by atoms with E-state index in [9.17, 15) is 47.1 Å². The fourth-order valence-electron chi connectivity index (χ4n) is 12.0. The molecule has 4 aromatic heterocycles. The Balaban J connectivity index is 0.000000223. The molecule has 24 nitrogen and oxygen atoms in total. The predicted molar refractivity (Wildman–Crippen MR) is 357 cm³/mol. The Hall–Kier alpha value is -9.56. The molecule has 0 spiro atoms. The molecule has 8 aromatic rings. The van der Waals surface area contributed by atoms with E-state index in [-0.39, 0.29) is 106 Å². The van der Waals surface area contributed by atoms with E-state index in [1.165, 1.54) is 81.0 Å². The number of anilines is 2. The van der Waals surface area contributed by atoms with Crippen LogP contribution in [0.4, 0.5) is 30.0 Å². The molecule has 4 aromatic carbocycles. The molecule has 0 saturated carbocycles. The topological polar surface area (TPSA) is 269 Å². The number of fused-ring (bicyclic) bond motifs is 2. The van der Waals surface area contributed by atoms with Gasteiger partial charge >= 0.3 is 29.5 Å². The molecule has 0 aliphatic carbocycles. The number of carbonyl (C=O) groups is 4. The first-order valence-corrected chi connectivity index (χ1v) is 31.4. The normalized spacial score (nSPS) is 15.1. The summed E-state index contributed by atoms with van der Waals surface area (Å²) in [6.07, 6.45) is 1.32. The molecule has 6 heterocycles. The fraction of sp³-hybridized carbons (Fsp3) is 0.403. The molecule has 2 saturated heterocycles. The molecule has 2 atom stereocenters. The number of aryl methyl sites for hydroxylation is 2. The number of piperidine rings is 2. The third-order valence-corrected chi connectivity index (χ3v) is 17.0. The first kappa shape index (κ1) is 69.8. The summed E-state index contributed by atoms with van der Waals surface area (Å²) in [5.74, 6) is -0.945. The lowest BCUT2D eigenvalue weighted by atomic mass is 10.1. The van der Waals surface area contributed by atoms with Crippen molar-refractivity contribution in [2.75, 3.05) is 57.3 Å². The van der Waals surface area contributed by atoms with E-state index >= 15 is 0 Å². The summed E-state index contributed by atoms with van der Waals surface area (Å²) in [4.78, 5) is 112. The zero-order valence-electron chi connectivity index (χ0n) is 54.7. The number of ether oxygens (including phenoxy) is 5. The summed E-state index contributed by atoms with van der Waals surface area (Å²) in [6, 6.07) is 20.9. The summed E-state index contributed by atoms with van der Waals surface area (Å²) in [7, 11) is 7.23. The van der Waals surface area contributed by atoms with Crippen molar-refractivity contribution in [2.24, 2.45) is 19.8 Å². The molecule has 0 bridgehead atoms. The summed E-state index contributed by atoms with van der Waals surface area (Å²) < 4.78 is 63.4. The monoisotopic (exact) mass is 1350 g/mol. The van der Waals surface area contributed by atoms with Gasteiger partial charge in [-0.2, -0.15) is 0 Å². The number of halogens is 4. The van der Waals surface area contributed by atoms with Crippen LogP contribution in [0, 0.1) is 11.6 Å². The number of carbonyl (C=O) groups excluding carboxylic acids is 4. The molecule has 0 unspecified atom stereocenters. The lowest BCUT2D eigenvalue weighted by Crippen LogP contribution is -2.49. The van der Waals surface area contributed by atoms with E-state index in [0.717, 1.165) is 9.13 Å². The Bertz CT molecular complexity index is 4510. The minimum atomic E-state index is -0.862. The highest BCUT2D eigenvalue weighted by Gasteiger charge is 2.37. The van der Waals surface area contributed by atoms with Crippen LogP contribution in [0.25, 0.3) is 22.1 Å². The number of nitrogens with two attached hydrogens (primary N) is 1. The van der Waals surface area contributed by atoms with Crippen molar-refractivity contribution in [3.8, 4) is 11.5 Å². The number of benzene rings is 4. The average Bonchev–Trinajstić information content (AvgIpc) is 1.58. The molecule has 3 amide bonds. The van der Waals surface area contributed by atoms with Gasteiger partial charge in [-0.05, 0) is 150 Å². The highest BCUT2D eigenvalue weighted by atomic mass is 35.5. The molecule has 2 aliphatic rings. The number of nitrogens with zero attached hydrogens (tertiary/aromatic N) is 8. The fourth-order valence-corrected chi connectivity index (χ4v) is 12.4. The van der Waals surface area contributed by atoms with Crippen LogP contribution in [0.1, 0.15) is 110 Å². The van der Waals surface area contributed by atoms with Gasteiger partial charge in [0.25, 0.3) is 17.0 Å². The SMILES string of the molecule is COC(=O)c1c(N2CCC[C@@H](NC(=O)OC(C)(C)C)C2)n(Cc2cc(F)ccc2Cl)c2c(=O)n(Cc3ccc(OC)cc3)c(=O)n(C)c12.COc1ccc(Cn2c(=O)c3c(c(C(N)=O)c(N4CCC[C@@H](NC(=O)OC(C)(C)C)C4)n3Cc3cc(F)ccc3Cl)n(C)c2=O)cc1. The van der Waals surface area contributed by atoms with E-state index in [2.05, 4.69) is 10.6 Å². The molecule has 95 heavy (non-hydrogen) atoms. The number of hydrogen-bond acceptors (Lipinski definition) is 15. The Morgan fingerprint density at radius 2 is 0.926 bits per heavy atom. The van der Waals surface area contributed by atoms with Gasteiger partial charge in [-0.1, -0.05) is 47.5 Å². The number of methoxy groups -OCH3 is 3. The van der Waals surface area contributed by atoms with Crippen LogP contribution in [0.15, 0.2) is 104 Å². The van der Waals surface area contributed by atoms with Crippen LogP contribution in [0.5, 0.6) is 11.5 Å². The van der Waals surface area contributed by atoms with Crippen molar-refractivity contribution in [3.05, 3.63) is 182 Å². The summed E-state index contributed by atoms with van der Waals surface area (Å²) in [5, 5.41) is 6.28. The zero-order valence-corrected chi connectivity index (χ0v) is 56.2. The van der Waals surface area contributed by atoms with Gasteiger partial charge in [-0.3, -0.25) is 32.7 Å². The number of nitrogens with one attached hydrogen (secondary N) is 2. The van der Waals surface area contributed by atoms with Gasteiger partial charge in [-0.25, -0.2) is 32.8 Å². The quantitative estimate of drug-likeness (QED) is 0.0603. The van der Waals surface area contributed by atoms with Gasteiger partial charge in [-0.15, -0.1) is 0 Å². The third kappa shape index (κ3) is 15.5. The van der Waals surface area contributed by atoms with Crippen LogP contribution in [-0.2, 0) is 54.5 Å². The van der Waals surface area contributed by atoms with Gasteiger partial charge in [0.15, 0.2) is 0 Å². The molecule has 2 fully saturated rings. The second-order valence-corrected chi connectivity index (χ2v) is 26.1. The van der Waals surface area contributed by atoms with Gasteiger partial charge < -0.3 is 59.0 Å². The van der Waals surface area contributed by atoms with Crippen molar-refractivity contribution in [2.45, 2.75) is 117 Å². The molecule has 0 radical (unpaired) electrons. The molecule has 2 aliphatic heterocycles. The number of esters is 1. The first-order valence-electron chi connectivity index (χ1n) is 30.6. The molecule has 4 N–H and O–H groups in total. The van der Waals surface area contributed by atoms with E-state index < -0.39 is 69.4 Å². The van der Waals surface area contributed by atoms with Crippen LogP contribution in [0.2, 0.25) is 10.0 Å². The number of alkyl carbamates (subject to hydrolysis) is 2. The molecule has 28 heteroatoms. The lowest BCUT2D eigenvalue weighted by molar-refractivity contribution is 0.0488. The molecular weight excluding hydrogens is 1280 g/mol. The number of rotatable bonds is 16. The van der Waals surface area contributed by atoms with Crippen LogP contribution < -0.4 is 58.1 Å². The smallest absolute Gasteiger partial charge is 0.407 e. The van der Waals surface area contributed by atoms with Crippen LogP contribution in [0.3, 0.4) is 0 Å². The standard InChI is InChI=1S/C34H39ClFN5O7.C33H38ClFN6O6/c1-34(2,3)48-32(44)37-23-8-7-15-39(19-23)29-26(31(43)47-6)27-28(40(29)18-21-16-22(36)11-14-25(21)35)30(42)41(33(45)38(27)4)17-20-9-12-24(46-5)13-10-20;1-33(2,3)47-31(44)37-22-7-6-14-39(18-22)29-25(28(36)42)26-27(40(29)17-20-15-21(35)10-13-24(20)34)30(43)41(32(45)38(26)4)16-19-8-11-23(46-5)12-9-19/h9-14,16,23H,7-8,15,17-19H2,1-6H3,(H,37,44);8-13,15,22H,6-7,14,16-18H2,1-5H3,(H2,36,42)(H,37,44)/t23-;22-/m11/s1. The number of primary amides is 1. The van der Waals surface area contributed by atoms with Crippen molar-refractivity contribution in [1.82, 2.24) is 38.0 Å². The van der Waals surface area contributed by atoms with E-state index in [1.807, 2.05) is 9.80 Å². The summed E-state index contributed by atoms with van der Waals surface area (Å²) in [6.45, 7) is 11.6. The van der Waals surface area contributed by atoms with Gasteiger partial charge in [0.2, 0.25) is 0 Å². The Morgan fingerprint density at radius 3 is 1.28 bits per heavy atom. The molecule has 506 valence electrons. The lowest BCUT2D eigenvalue weighted by Gasteiger charge is -2.36. The Kier molecular flexibility index (Phi) is 21.0. The van der Waals surface area contributed by atoms with Gasteiger partial charge in [0.1, 0.15) is 68.1 Å². The molecule has 10 rings (SSSR count). The van der Waals surface area contributed by atoms with Gasteiger partial charge in [0.05, 0.1) is 58.5 Å². The van der Waals surface area contributed by atoms with Crippen molar-refractivity contribution >= 4 is 81.0 Å². The van der Waals surface area contributed by atoms with Gasteiger partial charge in [0, 0.05) is 62.4 Å². The number of amides is 3. The maximum absolute atomic E-state index is 14.5. The van der Waals surface area contributed by atoms with E-state index in [4.69, 9.17) is 52.6 Å². The second-order valence-electron chi connectivity index (χ2n) is 25.3. The Morgan fingerprint density at radius 1 is 0.547 bits per heavy atom. The Labute approximate surface area is 555 Å². The third-order valence-electron chi connectivity index (χ3n) is 16.2. The second kappa shape index (κ2) is 28.6. The maximum Gasteiger partial charge on any atom is 0.407 e. The highest BCUT2D eigenvalue weighted by Crippen LogP contribution is 2.37. The number of hydrogen-bond donors (Lipinski definition) is 3. The minimum absolute atomic E-state index is 0.00811. The summed E-state index contributed by atoms with van der Waals surface area (Å²) >= 11 is 13.0. The van der Waals surface area contributed by atoms with Crippen LogP contribution >= 0.6 is 23.2 Å². The zero-order chi connectivity index (χ0) is 69.1. The molecular formula is C67H77Cl2F2N11O13. The highest BCUT2D eigenvalue weighted by molar-refractivity contribution is 6.31. The van der Waals surface area contributed by atoms with Crippen LogP contribution in [-0.4, -0.2) is 122 Å².